The lowest BCUT2D eigenvalue weighted by atomic mass is 9.60. The Morgan fingerprint density at radius 3 is 2.41 bits per heavy atom. The smallest absolute Gasteiger partial charge is 0.0809 e. The lowest BCUT2D eigenvalue weighted by Gasteiger charge is -2.44. The van der Waals surface area contributed by atoms with Crippen LogP contribution in [0.2, 0.25) is 0 Å². The first-order chi connectivity index (χ1) is 13.7. The highest BCUT2D eigenvalue weighted by atomic mass is 16.3. The number of allylic oxidation sites excluding steroid dienone is 3. The van der Waals surface area contributed by atoms with E-state index in [0.717, 1.165) is 29.2 Å². The summed E-state index contributed by atoms with van der Waals surface area (Å²) in [5.74, 6) is 3.23. The average molecular weight is 401 g/mol. The molecule has 0 aromatic heterocycles. The van der Waals surface area contributed by atoms with Crippen LogP contribution in [0.1, 0.15) is 91.9 Å². The van der Waals surface area contributed by atoms with Gasteiger partial charge in [-0.1, -0.05) is 76.8 Å². The van der Waals surface area contributed by atoms with Gasteiger partial charge in [-0.3, -0.25) is 0 Å². The van der Waals surface area contributed by atoms with Crippen molar-refractivity contribution in [2.75, 3.05) is 0 Å². The Bertz CT molecular complexity index is 627. The van der Waals surface area contributed by atoms with E-state index in [1.807, 2.05) is 0 Å². The van der Waals surface area contributed by atoms with Crippen LogP contribution in [0.25, 0.3) is 0 Å². The van der Waals surface area contributed by atoms with E-state index in [9.17, 15) is 10.2 Å². The fourth-order valence-electron chi connectivity index (χ4n) is 6.69. The zero-order chi connectivity index (χ0) is 21.2. The normalized spacial score (nSPS) is 37.8. The number of hydrogen-bond donors (Lipinski definition) is 2. The van der Waals surface area contributed by atoms with Crippen LogP contribution in [0.3, 0.4) is 0 Å². The molecule has 3 fully saturated rings. The van der Waals surface area contributed by atoms with Crippen molar-refractivity contribution in [3.63, 3.8) is 0 Å². The molecule has 164 valence electrons. The third-order valence-corrected chi connectivity index (χ3v) is 8.47. The van der Waals surface area contributed by atoms with Gasteiger partial charge in [0.2, 0.25) is 0 Å². The molecule has 3 rings (SSSR count). The summed E-state index contributed by atoms with van der Waals surface area (Å²) in [4.78, 5) is 0. The van der Waals surface area contributed by atoms with E-state index in [4.69, 9.17) is 0 Å². The van der Waals surface area contributed by atoms with Gasteiger partial charge in [-0.15, -0.1) is 0 Å². The third-order valence-electron chi connectivity index (χ3n) is 8.47. The fraction of sp³-hybridized carbons (Fsp3) is 0.778. The molecule has 29 heavy (non-hydrogen) atoms. The van der Waals surface area contributed by atoms with Gasteiger partial charge in [-0.2, -0.15) is 0 Å². The van der Waals surface area contributed by atoms with Crippen LogP contribution >= 0.6 is 0 Å². The van der Waals surface area contributed by atoms with Crippen molar-refractivity contribution >= 4 is 0 Å². The van der Waals surface area contributed by atoms with Gasteiger partial charge >= 0.3 is 0 Å². The first kappa shape index (κ1) is 22.8. The number of rotatable bonds is 6. The van der Waals surface area contributed by atoms with Gasteiger partial charge in [0, 0.05) is 0 Å². The second-order valence-electron chi connectivity index (χ2n) is 11.0. The SMILES string of the molecule is C=C1[C@H](O)CC(=CC=C2CCC[C@]3(C)[C@@H]([C@@H](C)CCCC(C)C)CC[C@@H]23)C[C@H]1O. The van der Waals surface area contributed by atoms with E-state index in [1.54, 1.807) is 5.57 Å². The summed E-state index contributed by atoms with van der Waals surface area (Å²) >= 11 is 0. The second kappa shape index (κ2) is 9.52. The largest absolute Gasteiger partial charge is 0.388 e. The summed E-state index contributed by atoms with van der Waals surface area (Å²) in [6.07, 6.45) is 15.4. The average Bonchev–Trinajstić information content (AvgIpc) is 3.01. The molecular formula is C27H44O2. The highest BCUT2D eigenvalue weighted by molar-refractivity contribution is 5.29. The van der Waals surface area contributed by atoms with Crippen LogP contribution in [0.4, 0.5) is 0 Å². The van der Waals surface area contributed by atoms with Gasteiger partial charge in [-0.25, -0.2) is 0 Å². The van der Waals surface area contributed by atoms with Crippen LogP contribution in [-0.4, -0.2) is 22.4 Å². The van der Waals surface area contributed by atoms with E-state index < -0.39 is 12.2 Å². The van der Waals surface area contributed by atoms with Gasteiger partial charge in [0.05, 0.1) is 12.2 Å². The minimum Gasteiger partial charge on any atom is -0.388 e. The minimum atomic E-state index is -0.595. The van der Waals surface area contributed by atoms with Crippen molar-refractivity contribution in [3.05, 3.63) is 35.5 Å². The molecule has 3 aliphatic rings. The summed E-state index contributed by atoms with van der Waals surface area (Å²) in [5, 5.41) is 20.3. The molecule has 3 aliphatic carbocycles. The second-order valence-corrected chi connectivity index (χ2v) is 11.0. The van der Waals surface area contributed by atoms with E-state index in [0.29, 0.717) is 23.8 Å². The molecule has 0 spiro atoms. The van der Waals surface area contributed by atoms with Crippen LogP contribution in [0.15, 0.2) is 35.5 Å². The Balaban J connectivity index is 1.68. The molecule has 0 radical (unpaired) electrons. The first-order valence-electron chi connectivity index (χ1n) is 12.2. The molecule has 0 unspecified atom stereocenters. The molecule has 2 nitrogen and oxygen atoms in total. The van der Waals surface area contributed by atoms with Crippen molar-refractivity contribution in [1.82, 2.24) is 0 Å². The Labute approximate surface area is 179 Å². The maximum atomic E-state index is 10.1. The fourth-order valence-corrected chi connectivity index (χ4v) is 6.69. The molecular weight excluding hydrogens is 356 g/mol. The molecule has 0 aliphatic heterocycles. The van der Waals surface area contributed by atoms with E-state index in [1.165, 1.54) is 51.4 Å². The Morgan fingerprint density at radius 2 is 1.76 bits per heavy atom. The predicted molar refractivity (Wildman–Crippen MR) is 123 cm³/mol. The number of aliphatic hydroxyl groups is 2. The molecule has 0 bridgehead atoms. The summed E-state index contributed by atoms with van der Waals surface area (Å²) in [6, 6.07) is 0. The molecule has 0 amide bonds. The standard InChI is InChI=1S/C27H44O2/c1-18(2)8-6-9-19(3)23-13-14-24-22(10-7-15-27(23,24)5)12-11-21-16-25(28)20(4)26(29)17-21/h11-12,18-19,23-26,28-29H,4,6-10,13-17H2,1-3,5H3/t19-,23+,24-,25+,26+,27+/m0/s1. The molecule has 2 heteroatoms. The zero-order valence-electron chi connectivity index (χ0n) is 19.3. The van der Waals surface area contributed by atoms with Crippen molar-refractivity contribution in [1.29, 1.82) is 0 Å². The van der Waals surface area contributed by atoms with Gasteiger partial charge in [0.1, 0.15) is 0 Å². The van der Waals surface area contributed by atoms with E-state index in [2.05, 4.69) is 46.4 Å². The highest BCUT2D eigenvalue weighted by Gasteiger charge is 2.50. The van der Waals surface area contributed by atoms with Crippen molar-refractivity contribution < 1.29 is 10.2 Å². The quantitative estimate of drug-likeness (QED) is 0.494. The maximum Gasteiger partial charge on any atom is 0.0809 e. The summed E-state index contributed by atoms with van der Waals surface area (Å²) in [7, 11) is 0. The van der Waals surface area contributed by atoms with Gasteiger partial charge < -0.3 is 10.2 Å². The molecule has 0 heterocycles. The summed E-state index contributed by atoms with van der Waals surface area (Å²) in [6.45, 7) is 13.6. The minimum absolute atomic E-state index is 0.458. The van der Waals surface area contributed by atoms with Gasteiger partial charge in [-0.05, 0) is 79.6 Å². The van der Waals surface area contributed by atoms with Crippen LogP contribution in [-0.2, 0) is 0 Å². The molecule has 0 saturated heterocycles. The highest BCUT2D eigenvalue weighted by Crippen LogP contribution is 2.59. The van der Waals surface area contributed by atoms with Gasteiger partial charge in [0.15, 0.2) is 0 Å². The Hall–Kier alpha value is -0.860. The van der Waals surface area contributed by atoms with Gasteiger partial charge in [0.25, 0.3) is 0 Å². The summed E-state index contributed by atoms with van der Waals surface area (Å²) in [5.41, 5.74) is 3.81. The Morgan fingerprint density at radius 1 is 1.07 bits per heavy atom. The van der Waals surface area contributed by atoms with Crippen molar-refractivity contribution in [2.45, 2.75) is 104 Å². The van der Waals surface area contributed by atoms with E-state index in [-0.39, 0.29) is 0 Å². The Kier molecular flexibility index (Phi) is 7.49. The maximum absolute atomic E-state index is 10.1. The first-order valence-corrected chi connectivity index (χ1v) is 12.2. The topological polar surface area (TPSA) is 40.5 Å². The number of fused-ring (bicyclic) bond motifs is 1. The van der Waals surface area contributed by atoms with Crippen molar-refractivity contribution in [2.24, 2.45) is 29.1 Å². The monoisotopic (exact) mass is 400 g/mol. The van der Waals surface area contributed by atoms with Crippen LogP contribution < -0.4 is 0 Å². The predicted octanol–water partition coefficient (Wildman–Crippen LogP) is 6.59. The third kappa shape index (κ3) is 5.07. The van der Waals surface area contributed by atoms with Crippen LogP contribution in [0, 0.1) is 29.1 Å². The molecule has 6 atom stereocenters. The number of hydrogen-bond acceptors (Lipinski definition) is 2. The lowest BCUT2D eigenvalue weighted by Crippen LogP contribution is -2.36. The van der Waals surface area contributed by atoms with Crippen LogP contribution in [0.5, 0.6) is 0 Å². The molecule has 0 aromatic rings. The molecule has 0 aromatic carbocycles. The summed E-state index contributed by atoms with van der Waals surface area (Å²) < 4.78 is 0. The number of aliphatic hydroxyl groups excluding tert-OH is 2. The zero-order valence-corrected chi connectivity index (χ0v) is 19.3. The molecule has 3 saturated carbocycles. The van der Waals surface area contributed by atoms with E-state index >= 15 is 0 Å². The van der Waals surface area contributed by atoms with Crippen molar-refractivity contribution in [3.8, 4) is 0 Å². The lowest BCUT2D eigenvalue weighted by molar-refractivity contribution is 0.0928. The molecule has 2 N–H and O–H groups in total.